The molecule has 1 fully saturated rings. The fourth-order valence-electron chi connectivity index (χ4n) is 4.25. The molecule has 1 saturated heterocycles. The van der Waals surface area contributed by atoms with Crippen molar-refractivity contribution >= 4 is 12.0 Å². The fraction of sp³-hybridized carbons (Fsp3) is 0.192. The van der Waals surface area contributed by atoms with Crippen molar-refractivity contribution in [1.29, 1.82) is 0 Å². The SMILES string of the molecule is O=C(c1ccc(F)c(F)c1)N1CCC2(C=Cc3cc(-c4ccccc4)ccc3O2)CC1. The molecule has 0 unspecified atom stereocenters. The molecule has 0 atom stereocenters. The Bertz CT molecular complexity index is 1170. The Hall–Kier alpha value is -3.47. The second-order valence-corrected chi connectivity index (χ2v) is 8.04. The highest BCUT2D eigenvalue weighted by Gasteiger charge is 2.38. The molecule has 2 aliphatic heterocycles. The van der Waals surface area contributed by atoms with Crippen molar-refractivity contribution in [2.45, 2.75) is 18.4 Å². The number of hydrogen-bond donors (Lipinski definition) is 0. The zero-order valence-corrected chi connectivity index (χ0v) is 16.9. The summed E-state index contributed by atoms with van der Waals surface area (Å²) in [5.41, 5.74) is 3.03. The van der Waals surface area contributed by atoms with E-state index in [1.165, 1.54) is 6.07 Å². The summed E-state index contributed by atoms with van der Waals surface area (Å²) >= 11 is 0. The lowest BCUT2D eigenvalue weighted by Gasteiger charge is -2.42. The van der Waals surface area contributed by atoms with Crippen molar-refractivity contribution in [3.8, 4) is 16.9 Å². The van der Waals surface area contributed by atoms with Crippen LogP contribution in [0.15, 0.2) is 72.8 Å². The molecule has 0 saturated carbocycles. The van der Waals surface area contributed by atoms with Crippen molar-refractivity contribution in [3.05, 3.63) is 95.6 Å². The molecule has 3 aromatic rings. The van der Waals surface area contributed by atoms with E-state index in [0.29, 0.717) is 25.9 Å². The lowest BCUT2D eigenvalue weighted by molar-refractivity contribution is 0.0329. The Morgan fingerprint density at radius 1 is 0.871 bits per heavy atom. The van der Waals surface area contributed by atoms with Gasteiger partial charge >= 0.3 is 0 Å². The number of amides is 1. The number of fused-ring (bicyclic) bond motifs is 1. The van der Waals surface area contributed by atoms with Gasteiger partial charge in [0.2, 0.25) is 0 Å². The van der Waals surface area contributed by atoms with Crippen LogP contribution in [0.2, 0.25) is 0 Å². The van der Waals surface area contributed by atoms with Gasteiger partial charge in [-0.15, -0.1) is 0 Å². The molecule has 3 aromatic carbocycles. The smallest absolute Gasteiger partial charge is 0.253 e. The number of likely N-dealkylation sites (tertiary alicyclic amines) is 1. The maximum Gasteiger partial charge on any atom is 0.253 e. The minimum Gasteiger partial charge on any atom is -0.482 e. The predicted molar refractivity (Wildman–Crippen MR) is 116 cm³/mol. The number of rotatable bonds is 2. The Labute approximate surface area is 179 Å². The molecule has 0 radical (unpaired) electrons. The molecule has 1 amide bonds. The number of piperidine rings is 1. The van der Waals surface area contributed by atoms with Gasteiger partial charge in [0.15, 0.2) is 11.6 Å². The minimum absolute atomic E-state index is 0.161. The molecule has 5 heteroatoms. The van der Waals surface area contributed by atoms with E-state index in [0.717, 1.165) is 34.6 Å². The van der Waals surface area contributed by atoms with Crippen LogP contribution >= 0.6 is 0 Å². The van der Waals surface area contributed by atoms with Gasteiger partial charge in [-0.05, 0) is 47.5 Å². The van der Waals surface area contributed by atoms with E-state index in [9.17, 15) is 13.6 Å². The van der Waals surface area contributed by atoms with E-state index in [2.05, 4.69) is 36.4 Å². The number of ether oxygens (including phenoxy) is 1. The Balaban J connectivity index is 1.29. The summed E-state index contributed by atoms with van der Waals surface area (Å²) in [6.45, 7) is 0.971. The predicted octanol–water partition coefficient (Wildman–Crippen LogP) is 5.71. The quantitative estimate of drug-likeness (QED) is 0.534. The number of hydrogen-bond acceptors (Lipinski definition) is 2. The van der Waals surface area contributed by atoms with Gasteiger partial charge in [0.1, 0.15) is 11.4 Å². The summed E-state index contributed by atoms with van der Waals surface area (Å²) in [6.07, 6.45) is 5.46. The van der Waals surface area contributed by atoms with Gasteiger partial charge in [0.05, 0.1) is 0 Å². The third-order valence-corrected chi connectivity index (χ3v) is 6.06. The highest BCUT2D eigenvalue weighted by Crippen LogP contribution is 2.39. The first kappa shape index (κ1) is 19.5. The van der Waals surface area contributed by atoms with Crippen molar-refractivity contribution in [2.24, 2.45) is 0 Å². The minimum atomic E-state index is -1.01. The van der Waals surface area contributed by atoms with Gasteiger partial charge < -0.3 is 9.64 Å². The summed E-state index contributed by atoms with van der Waals surface area (Å²) in [4.78, 5) is 14.4. The fourth-order valence-corrected chi connectivity index (χ4v) is 4.25. The summed E-state index contributed by atoms with van der Waals surface area (Å²) in [5, 5.41) is 0. The van der Waals surface area contributed by atoms with Crippen molar-refractivity contribution in [3.63, 3.8) is 0 Å². The third kappa shape index (κ3) is 3.72. The molecule has 2 aliphatic rings. The first-order chi connectivity index (χ1) is 15.0. The van der Waals surface area contributed by atoms with Crippen molar-refractivity contribution in [2.75, 3.05) is 13.1 Å². The van der Waals surface area contributed by atoms with Crippen LogP contribution in [0.5, 0.6) is 5.75 Å². The molecule has 0 aromatic heterocycles. The lowest BCUT2D eigenvalue weighted by Crippen LogP contribution is -2.49. The largest absolute Gasteiger partial charge is 0.482 e. The topological polar surface area (TPSA) is 29.5 Å². The van der Waals surface area contributed by atoms with Crippen LogP contribution in [0.1, 0.15) is 28.8 Å². The number of halogens is 2. The van der Waals surface area contributed by atoms with Gasteiger partial charge in [0, 0.05) is 37.1 Å². The van der Waals surface area contributed by atoms with E-state index in [4.69, 9.17) is 4.74 Å². The molecule has 0 aliphatic carbocycles. The van der Waals surface area contributed by atoms with Crippen molar-refractivity contribution < 1.29 is 18.3 Å². The Morgan fingerprint density at radius 3 is 2.39 bits per heavy atom. The summed E-state index contributed by atoms with van der Waals surface area (Å²) < 4.78 is 33.0. The molecule has 3 nitrogen and oxygen atoms in total. The van der Waals surface area contributed by atoms with Crippen LogP contribution in [-0.4, -0.2) is 29.5 Å². The highest BCUT2D eigenvalue weighted by molar-refractivity contribution is 5.94. The van der Waals surface area contributed by atoms with Crippen LogP contribution < -0.4 is 4.74 Å². The molecular weight excluding hydrogens is 396 g/mol. The summed E-state index contributed by atoms with van der Waals surface area (Å²) in [5.74, 6) is -1.42. The normalized spacial score (nSPS) is 16.6. The second kappa shape index (κ2) is 7.65. The van der Waals surface area contributed by atoms with Gasteiger partial charge in [-0.25, -0.2) is 8.78 Å². The maximum absolute atomic E-state index is 13.5. The van der Waals surface area contributed by atoms with Crippen LogP contribution in [0.3, 0.4) is 0 Å². The lowest BCUT2D eigenvalue weighted by atomic mass is 9.87. The van der Waals surface area contributed by atoms with E-state index in [1.807, 2.05) is 24.3 Å². The molecular formula is C26H21F2NO2. The number of carbonyl (C=O) groups excluding carboxylic acids is 1. The first-order valence-corrected chi connectivity index (χ1v) is 10.4. The molecule has 5 rings (SSSR count). The van der Waals surface area contributed by atoms with Gasteiger partial charge in [-0.1, -0.05) is 42.5 Å². The maximum atomic E-state index is 13.5. The average molecular weight is 417 g/mol. The van der Waals surface area contributed by atoms with E-state index in [1.54, 1.807) is 4.90 Å². The van der Waals surface area contributed by atoms with Gasteiger partial charge in [-0.2, -0.15) is 0 Å². The molecule has 156 valence electrons. The summed E-state index contributed by atoms with van der Waals surface area (Å²) in [7, 11) is 0. The third-order valence-electron chi connectivity index (χ3n) is 6.06. The zero-order valence-electron chi connectivity index (χ0n) is 16.9. The number of carbonyl (C=O) groups is 1. The number of nitrogens with zero attached hydrogens (tertiary/aromatic N) is 1. The molecule has 1 spiro atoms. The van der Waals surface area contributed by atoms with Crippen LogP contribution in [-0.2, 0) is 0 Å². The molecule has 31 heavy (non-hydrogen) atoms. The number of benzene rings is 3. The van der Waals surface area contributed by atoms with Crippen LogP contribution in [0.25, 0.3) is 17.2 Å². The first-order valence-electron chi connectivity index (χ1n) is 10.4. The molecule has 0 N–H and O–H groups in total. The zero-order chi connectivity index (χ0) is 21.4. The monoisotopic (exact) mass is 417 g/mol. The van der Waals surface area contributed by atoms with Crippen LogP contribution in [0.4, 0.5) is 8.78 Å². The standard InChI is InChI=1S/C26H21F2NO2/c27-22-8-6-21(17-23(22)28)25(30)29-14-12-26(13-15-29)11-10-20-16-19(7-9-24(20)31-26)18-4-2-1-3-5-18/h1-11,16-17H,12-15H2. The average Bonchev–Trinajstić information content (AvgIpc) is 2.81. The van der Waals surface area contributed by atoms with E-state index >= 15 is 0 Å². The molecule has 2 heterocycles. The Kier molecular flexibility index (Phi) is 4.81. The van der Waals surface area contributed by atoms with Gasteiger partial charge in [-0.3, -0.25) is 4.79 Å². The van der Waals surface area contributed by atoms with E-state index in [-0.39, 0.29) is 11.5 Å². The Morgan fingerprint density at radius 2 is 1.65 bits per heavy atom. The van der Waals surface area contributed by atoms with Gasteiger partial charge in [0.25, 0.3) is 5.91 Å². The molecule has 0 bridgehead atoms. The van der Waals surface area contributed by atoms with Crippen LogP contribution in [0, 0.1) is 11.6 Å². The van der Waals surface area contributed by atoms with Crippen molar-refractivity contribution in [1.82, 2.24) is 4.90 Å². The highest BCUT2D eigenvalue weighted by atomic mass is 19.2. The van der Waals surface area contributed by atoms with E-state index < -0.39 is 17.2 Å². The second-order valence-electron chi connectivity index (χ2n) is 8.04. The summed E-state index contributed by atoms with van der Waals surface area (Å²) in [6, 6.07) is 19.6.